The molecule has 0 aromatic heterocycles. The standard InChI is InChI=1S/C25H41N3O5S/c1-8-11-17(4)26-22(30)20(18-13-10-12-16(3)21(18)29)28(14-9-2)23(31)19(15-34)27-24(32)33-25(5,6)7/h10,12-13,17,19-20,29,34H,8-9,11,14-15H2,1-7H3,(H,26,30)(H,27,32). The summed E-state index contributed by atoms with van der Waals surface area (Å²) in [5.74, 6) is -0.897. The molecule has 1 aromatic rings. The molecule has 8 nitrogen and oxygen atoms in total. The normalized spacial score (nSPS) is 14.0. The highest BCUT2D eigenvalue weighted by Gasteiger charge is 2.37. The number of para-hydroxylation sites is 1. The molecule has 0 bridgehead atoms. The van der Waals surface area contributed by atoms with Gasteiger partial charge < -0.3 is 25.4 Å². The third-order valence-corrected chi connectivity index (χ3v) is 5.52. The van der Waals surface area contributed by atoms with Gasteiger partial charge in [0.25, 0.3) is 0 Å². The maximum Gasteiger partial charge on any atom is 0.408 e. The lowest BCUT2D eigenvalue weighted by molar-refractivity contribution is -0.142. The van der Waals surface area contributed by atoms with Crippen molar-refractivity contribution >= 4 is 30.5 Å². The van der Waals surface area contributed by atoms with Crippen LogP contribution in [-0.2, 0) is 14.3 Å². The Morgan fingerprint density at radius 1 is 1.15 bits per heavy atom. The van der Waals surface area contributed by atoms with Gasteiger partial charge in [0.05, 0.1) is 0 Å². The number of carbonyl (C=O) groups excluding carboxylic acids is 3. The lowest BCUT2D eigenvalue weighted by Gasteiger charge is -2.35. The summed E-state index contributed by atoms with van der Waals surface area (Å²) in [5, 5.41) is 16.3. The van der Waals surface area contributed by atoms with Gasteiger partial charge in [-0.25, -0.2) is 4.79 Å². The van der Waals surface area contributed by atoms with Crippen molar-refractivity contribution in [2.75, 3.05) is 12.3 Å². The van der Waals surface area contributed by atoms with Crippen molar-refractivity contribution in [1.29, 1.82) is 0 Å². The first-order valence-electron chi connectivity index (χ1n) is 11.9. The van der Waals surface area contributed by atoms with Crippen molar-refractivity contribution in [3.8, 4) is 5.75 Å². The van der Waals surface area contributed by atoms with E-state index in [1.54, 1.807) is 45.9 Å². The monoisotopic (exact) mass is 495 g/mol. The Bertz CT molecular complexity index is 840. The summed E-state index contributed by atoms with van der Waals surface area (Å²) in [6.07, 6.45) is 1.49. The molecule has 0 spiro atoms. The first-order valence-corrected chi connectivity index (χ1v) is 12.5. The Hall–Kier alpha value is -2.42. The van der Waals surface area contributed by atoms with Crippen LogP contribution in [0.2, 0.25) is 0 Å². The zero-order valence-electron chi connectivity index (χ0n) is 21.5. The number of aryl methyl sites for hydroxylation is 1. The van der Waals surface area contributed by atoms with Crippen molar-refractivity contribution in [2.24, 2.45) is 0 Å². The number of thiol groups is 1. The van der Waals surface area contributed by atoms with E-state index >= 15 is 0 Å². The largest absolute Gasteiger partial charge is 0.507 e. The van der Waals surface area contributed by atoms with Gasteiger partial charge in [-0.3, -0.25) is 9.59 Å². The van der Waals surface area contributed by atoms with Crippen LogP contribution < -0.4 is 10.6 Å². The highest BCUT2D eigenvalue weighted by Crippen LogP contribution is 2.32. The van der Waals surface area contributed by atoms with Crippen LogP contribution in [0.25, 0.3) is 0 Å². The minimum atomic E-state index is -1.07. The van der Waals surface area contributed by atoms with E-state index in [0.717, 1.165) is 12.8 Å². The van der Waals surface area contributed by atoms with Crippen molar-refractivity contribution in [2.45, 2.75) is 91.5 Å². The minimum Gasteiger partial charge on any atom is -0.507 e. The number of hydrogen-bond acceptors (Lipinski definition) is 6. The summed E-state index contributed by atoms with van der Waals surface area (Å²) in [4.78, 5) is 40.9. The fraction of sp³-hybridized carbons (Fsp3) is 0.640. The molecular formula is C25H41N3O5S. The smallest absolute Gasteiger partial charge is 0.408 e. The minimum absolute atomic E-state index is 0.0126. The third kappa shape index (κ3) is 8.74. The molecular weight excluding hydrogens is 454 g/mol. The molecule has 9 heteroatoms. The first-order chi connectivity index (χ1) is 15.9. The number of phenols is 1. The van der Waals surface area contributed by atoms with Crippen LogP contribution in [0.15, 0.2) is 18.2 Å². The Balaban J connectivity index is 3.41. The molecule has 3 unspecified atom stereocenters. The number of benzene rings is 1. The topological polar surface area (TPSA) is 108 Å². The fourth-order valence-corrected chi connectivity index (χ4v) is 3.87. The Morgan fingerprint density at radius 2 is 1.79 bits per heavy atom. The highest BCUT2D eigenvalue weighted by molar-refractivity contribution is 7.80. The molecule has 3 N–H and O–H groups in total. The fourth-order valence-electron chi connectivity index (χ4n) is 3.62. The summed E-state index contributed by atoms with van der Waals surface area (Å²) in [5.41, 5.74) is 0.194. The summed E-state index contributed by atoms with van der Waals surface area (Å²) in [6, 6.07) is 2.93. The lowest BCUT2D eigenvalue weighted by Crippen LogP contribution is -2.54. The van der Waals surface area contributed by atoms with Crippen LogP contribution in [-0.4, -0.2) is 57.9 Å². The highest BCUT2D eigenvalue weighted by atomic mass is 32.1. The van der Waals surface area contributed by atoms with Crippen molar-refractivity contribution in [3.05, 3.63) is 29.3 Å². The molecule has 0 aliphatic rings. The summed E-state index contributed by atoms with van der Waals surface area (Å²) >= 11 is 4.26. The molecule has 0 aliphatic heterocycles. The molecule has 0 saturated carbocycles. The molecule has 0 saturated heterocycles. The van der Waals surface area contributed by atoms with Crippen LogP contribution in [0.5, 0.6) is 5.75 Å². The molecule has 1 rings (SSSR count). The van der Waals surface area contributed by atoms with Gasteiger partial charge in [-0.05, 0) is 53.0 Å². The predicted molar refractivity (Wildman–Crippen MR) is 137 cm³/mol. The molecule has 192 valence electrons. The van der Waals surface area contributed by atoms with Gasteiger partial charge in [0, 0.05) is 23.9 Å². The first kappa shape index (κ1) is 29.6. The molecule has 0 heterocycles. The van der Waals surface area contributed by atoms with E-state index in [1.807, 2.05) is 20.8 Å². The number of phenolic OH excluding ortho intramolecular Hbond substituents is 1. The second-order valence-electron chi connectivity index (χ2n) is 9.53. The van der Waals surface area contributed by atoms with E-state index in [4.69, 9.17) is 4.74 Å². The second-order valence-corrected chi connectivity index (χ2v) is 9.89. The Labute approximate surface area is 209 Å². The van der Waals surface area contributed by atoms with Crippen LogP contribution >= 0.6 is 12.6 Å². The number of ether oxygens (including phenoxy) is 1. The van der Waals surface area contributed by atoms with Gasteiger partial charge in [-0.1, -0.05) is 38.5 Å². The third-order valence-electron chi connectivity index (χ3n) is 5.15. The maximum atomic E-state index is 13.6. The lowest BCUT2D eigenvalue weighted by atomic mass is 9.98. The maximum absolute atomic E-state index is 13.6. The van der Waals surface area contributed by atoms with E-state index in [9.17, 15) is 19.5 Å². The van der Waals surface area contributed by atoms with Crippen molar-refractivity contribution < 1.29 is 24.2 Å². The van der Waals surface area contributed by atoms with Crippen LogP contribution in [0, 0.1) is 6.92 Å². The average Bonchev–Trinajstić information content (AvgIpc) is 2.72. The van der Waals surface area contributed by atoms with Gasteiger partial charge in [-0.2, -0.15) is 12.6 Å². The molecule has 3 atom stereocenters. The van der Waals surface area contributed by atoms with Gasteiger partial charge in [0.2, 0.25) is 11.8 Å². The number of hydrogen-bond donors (Lipinski definition) is 4. The second kappa shape index (κ2) is 13.5. The zero-order valence-corrected chi connectivity index (χ0v) is 22.4. The Morgan fingerprint density at radius 3 is 2.32 bits per heavy atom. The van der Waals surface area contributed by atoms with E-state index in [-0.39, 0.29) is 30.0 Å². The number of aromatic hydroxyl groups is 1. The van der Waals surface area contributed by atoms with Gasteiger partial charge in [0.15, 0.2) is 0 Å². The number of rotatable bonds is 11. The SMILES string of the molecule is CCCC(C)NC(=O)C(c1cccc(C)c1O)N(CCC)C(=O)C(CS)NC(=O)OC(C)(C)C. The number of nitrogens with zero attached hydrogens (tertiary/aromatic N) is 1. The van der Waals surface area contributed by atoms with Gasteiger partial charge in [-0.15, -0.1) is 0 Å². The van der Waals surface area contributed by atoms with Crippen molar-refractivity contribution in [1.82, 2.24) is 15.5 Å². The van der Waals surface area contributed by atoms with Crippen LogP contribution in [0.4, 0.5) is 4.79 Å². The van der Waals surface area contributed by atoms with E-state index in [2.05, 4.69) is 23.3 Å². The number of nitrogens with one attached hydrogen (secondary N) is 2. The van der Waals surface area contributed by atoms with Crippen LogP contribution in [0.1, 0.15) is 78.0 Å². The van der Waals surface area contributed by atoms with Gasteiger partial charge >= 0.3 is 6.09 Å². The number of alkyl carbamates (subject to hydrolysis) is 1. The van der Waals surface area contributed by atoms with Crippen molar-refractivity contribution in [3.63, 3.8) is 0 Å². The summed E-state index contributed by atoms with van der Waals surface area (Å²) in [7, 11) is 0. The summed E-state index contributed by atoms with van der Waals surface area (Å²) in [6.45, 7) is 13.0. The molecule has 1 aromatic carbocycles. The predicted octanol–water partition coefficient (Wildman–Crippen LogP) is 4.11. The quantitative estimate of drug-likeness (QED) is 0.346. The molecule has 0 radical (unpaired) electrons. The number of carbonyl (C=O) groups is 3. The zero-order chi connectivity index (χ0) is 26.1. The molecule has 0 aliphatic carbocycles. The molecule has 0 fully saturated rings. The summed E-state index contributed by atoms with van der Waals surface area (Å²) < 4.78 is 5.29. The van der Waals surface area contributed by atoms with Crippen LogP contribution in [0.3, 0.4) is 0 Å². The van der Waals surface area contributed by atoms with E-state index in [1.165, 1.54) is 4.90 Å². The number of amides is 3. The van der Waals surface area contributed by atoms with Gasteiger partial charge in [0.1, 0.15) is 23.4 Å². The average molecular weight is 496 g/mol. The van der Waals surface area contributed by atoms with E-state index in [0.29, 0.717) is 17.5 Å². The molecule has 3 amide bonds. The van der Waals surface area contributed by atoms with E-state index < -0.39 is 29.7 Å². The Kier molecular flexibility index (Phi) is 11.7. The molecule has 34 heavy (non-hydrogen) atoms.